The number of hydrogen-bond acceptors (Lipinski definition) is 7. The highest BCUT2D eigenvalue weighted by Crippen LogP contribution is 2.28. The second-order valence-electron chi connectivity index (χ2n) is 7.52. The predicted molar refractivity (Wildman–Crippen MR) is 115 cm³/mol. The lowest BCUT2D eigenvalue weighted by Gasteiger charge is -2.40. The minimum absolute atomic E-state index is 0.188. The number of carboxylic acid groups (broad SMARTS) is 1. The number of rotatable bonds is 8. The number of carboxylic acids is 1. The molecule has 2 N–H and O–H groups in total. The molecular weight excluding hydrogens is 412 g/mol. The van der Waals surface area contributed by atoms with Gasteiger partial charge in [0, 0.05) is 19.5 Å². The Labute approximate surface area is 185 Å². The van der Waals surface area contributed by atoms with Crippen LogP contribution in [0.2, 0.25) is 0 Å². The number of nitrogens with one attached hydrogen (secondary N) is 1. The number of hydrogen-bond donors (Lipinski definition) is 2. The second-order valence-corrected chi connectivity index (χ2v) is 7.52. The zero-order valence-electron chi connectivity index (χ0n) is 17.9. The van der Waals surface area contributed by atoms with Crippen molar-refractivity contribution >= 4 is 23.7 Å². The number of amides is 1. The number of aromatic nitrogens is 1. The molecular formula is C23H24N4O5. The van der Waals surface area contributed by atoms with Gasteiger partial charge in [0.15, 0.2) is 0 Å². The van der Waals surface area contributed by atoms with Gasteiger partial charge in [-0.3, -0.25) is 4.79 Å². The van der Waals surface area contributed by atoms with E-state index in [1.54, 1.807) is 18.7 Å². The molecule has 0 spiro atoms. The quantitative estimate of drug-likeness (QED) is 0.598. The maximum Gasteiger partial charge on any atom is 0.340 e. The molecule has 1 amide bonds. The molecule has 3 rings (SSSR count). The van der Waals surface area contributed by atoms with Crippen LogP contribution in [0.15, 0.2) is 36.4 Å². The third-order valence-corrected chi connectivity index (χ3v) is 5.26. The van der Waals surface area contributed by atoms with Gasteiger partial charge in [-0.2, -0.15) is 5.26 Å². The summed E-state index contributed by atoms with van der Waals surface area (Å²) in [6.45, 7) is 4.15. The number of ether oxygens (including phenoxy) is 1. The van der Waals surface area contributed by atoms with Crippen molar-refractivity contribution in [3.63, 3.8) is 0 Å². The zero-order valence-corrected chi connectivity index (χ0v) is 17.9. The molecule has 2 aromatic rings. The van der Waals surface area contributed by atoms with Gasteiger partial charge in [0.25, 0.3) is 0 Å². The number of carbonyl (C=O) groups excluding carboxylic acids is 2. The summed E-state index contributed by atoms with van der Waals surface area (Å²) in [5.41, 5.74) is 1.69. The molecule has 0 aliphatic carbocycles. The Bertz CT molecular complexity index is 1060. The highest BCUT2D eigenvalue weighted by Gasteiger charge is 2.36. The van der Waals surface area contributed by atoms with Gasteiger partial charge in [0.2, 0.25) is 5.91 Å². The maximum atomic E-state index is 12.6. The fraction of sp³-hybridized carbons (Fsp3) is 0.348. The number of anilines is 1. The Kier molecular flexibility index (Phi) is 7.05. The molecule has 1 aromatic heterocycles. The fourth-order valence-corrected chi connectivity index (χ4v) is 3.49. The first kappa shape index (κ1) is 22.7. The van der Waals surface area contributed by atoms with Crippen molar-refractivity contribution in [2.24, 2.45) is 5.92 Å². The molecule has 0 bridgehead atoms. The highest BCUT2D eigenvalue weighted by atomic mass is 16.5. The Morgan fingerprint density at radius 2 is 2.00 bits per heavy atom. The average Bonchev–Trinajstić information content (AvgIpc) is 2.73. The van der Waals surface area contributed by atoms with E-state index in [4.69, 9.17) is 4.74 Å². The number of benzene rings is 1. The van der Waals surface area contributed by atoms with E-state index in [1.165, 1.54) is 6.07 Å². The Morgan fingerprint density at radius 3 is 2.59 bits per heavy atom. The normalized spacial score (nSPS) is 14.1. The van der Waals surface area contributed by atoms with E-state index in [9.17, 15) is 24.8 Å². The van der Waals surface area contributed by atoms with E-state index in [0.29, 0.717) is 24.6 Å². The molecule has 1 atom stereocenters. The lowest BCUT2D eigenvalue weighted by atomic mass is 9.96. The third kappa shape index (κ3) is 5.03. The molecule has 0 radical (unpaired) electrons. The number of aliphatic carboxylic acids is 1. The molecule has 166 valence electrons. The van der Waals surface area contributed by atoms with E-state index < -0.39 is 23.9 Å². The largest absolute Gasteiger partial charge is 0.480 e. The first-order valence-electron chi connectivity index (χ1n) is 10.2. The molecule has 1 aliphatic heterocycles. The van der Waals surface area contributed by atoms with Crippen molar-refractivity contribution in [3.8, 4) is 6.07 Å². The van der Waals surface area contributed by atoms with Crippen molar-refractivity contribution in [1.82, 2.24) is 10.3 Å². The number of nitriles is 1. The molecule has 0 saturated carbocycles. The van der Waals surface area contributed by atoms with Crippen molar-refractivity contribution in [1.29, 1.82) is 5.26 Å². The van der Waals surface area contributed by atoms with Crippen molar-refractivity contribution in [3.05, 3.63) is 58.8 Å². The Balaban J connectivity index is 1.65. The van der Waals surface area contributed by atoms with Crippen molar-refractivity contribution in [2.75, 3.05) is 24.6 Å². The monoisotopic (exact) mass is 436 g/mol. The third-order valence-electron chi connectivity index (χ3n) is 5.26. The maximum absolute atomic E-state index is 12.6. The van der Waals surface area contributed by atoms with Gasteiger partial charge in [0.1, 0.15) is 17.9 Å². The molecule has 9 nitrogen and oxygen atoms in total. The van der Waals surface area contributed by atoms with Crippen LogP contribution < -0.4 is 10.2 Å². The summed E-state index contributed by atoms with van der Waals surface area (Å²) in [4.78, 5) is 42.4. The van der Waals surface area contributed by atoms with Gasteiger partial charge >= 0.3 is 11.9 Å². The van der Waals surface area contributed by atoms with Gasteiger partial charge in [0.05, 0.1) is 29.3 Å². The summed E-state index contributed by atoms with van der Waals surface area (Å²) in [5.74, 6) is -2.04. The van der Waals surface area contributed by atoms with Gasteiger partial charge in [-0.05, 0) is 25.5 Å². The minimum atomic E-state index is -1.10. The molecule has 9 heteroatoms. The Hall–Kier alpha value is -3.93. The zero-order chi connectivity index (χ0) is 23.3. The van der Waals surface area contributed by atoms with Crippen LogP contribution in [0, 0.1) is 24.2 Å². The first-order valence-corrected chi connectivity index (χ1v) is 10.2. The number of aryl methyl sites for hydroxylation is 1. The molecule has 2 heterocycles. The molecule has 32 heavy (non-hydrogen) atoms. The Morgan fingerprint density at radius 1 is 1.31 bits per heavy atom. The lowest BCUT2D eigenvalue weighted by molar-refractivity contribution is -0.142. The van der Waals surface area contributed by atoms with Gasteiger partial charge in [-0.15, -0.1) is 0 Å². The SMILES string of the molecule is CCOC(=O)c1cc(C#N)c(N2CC(C(=O)NC(Cc3ccccc3)C(=O)O)C2)nc1C. The van der Waals surface area contributed by atoms with Crippen LogP contribution in [0.3, 0.4) is 0 Å². The molecule has 1 aromatic carbocycles. The number of esters is 1. The average molecular weight is 436 g/mol. The number of carbonyl (C=O) groups is 3. The summed E-state index contributed by atoms with van der Waals surface area (Å²) >= 11 is 0. The van der Waals surface area contributed by atoms with Crippen LogP contribution in [0.5, 0.6) is 0 Å². The van der Waals surface area contributed by atoms with E-state index >= 15 is 0 Å². The minimum Gasteiger partial charge on any atom is -0.480 e. The summed E-state index contributed by atoms with van der Waals surface area (Å²) in [5, 5.41) is 21.6. The number of pyridine rings is 1. The first-order chi connectivity index (χ1) is 15.3. The summed E-state index contributed by atoms with van der Waals surface area (Å²) in [6.07, 6.45) is 0.188. The highest BCUT2D eigenvalue weighted by molar-refractivity contribution is 5.92. The van der Waals surface area contributed by atoms with Crippen LogP contribution in [0.4, 0.5) is 5.82 Å². The lowest BCUT2D eigenvalue weighted by Crippen LogP contribution is -2.57. The van der Waals surface area contributed by atoms with E-state index in [2.05, 4.69) is 10.3 Å². The smallest absolute Gasteiger partial charge is 0.340 e. The van der Waals surface area contributed by atoms with Crippen molar-refractivity contribution < 1.29 is 24.2 Å². The molecule has 1 fully saturated rings. The van der Waals surface area contributed by atoms with E-state index in [-0.39, 0.29) is 30.1 Å². The molecule has 1 saturated heterocycles. The van der Waals surface area contributed by atoms with Gasteiger partial charge < -0.3 is 20.1 Å². The summed E-state index contributed by atoms with van der Waals surface area (Å²) < 4.78 is 4.99. The molecule has 1 aliphatic rings. The topological polar surface area (TPSA) is 133 Å². The van der Waals surface area contributed by atoms with Gasteiger partial charge in [-0.1, -0.05) is 30.3 Å². The van der Waals surface area contributed by atoms with E-state index in [1.807, 2.05) is 36.4 Å². The summed E-state index contributed by atoms with van der Waals surface area (Å²) in [7, 11) is 0. The summed E-state index contributed by atoms with van der Waals surface area (Å²) in [6, 6.07) is 11.5. The predicted octanol–water partition coefficient (Wildman–Crippen LogP) is 1.69. The van der Waals surface area contributed by atoms with Crippen LogP contribution in [0.1, 0.15) is 34.1 Å². The van der Waals surface area contributed by atoms with Crippen LogP contribution in [-0.4, -0.2) is 53.7 Å². The van der Waals surface area contributed by atoms with Crippen molar-refractivity contribution in [2.45, 2.75) is 26.3 Å². The van der Waals surface area contributed by atoms with Gasteiger partial charge in [-0.25, -0.2) is 14.6 Å². The fourth-order valence-electron chi connectivity index (χ4n) is 3.49. The van der Waals surface area contributed by atoms with E-state index in [0.717, 1.165) is 5.56 Å². The van der Waals surface area contributed by atoms with Crippen LogP contribution in [-0.2, 0) is 20.7 Å². The standard InChI is InChI=1S/C23H24N4O5/c1-3-32-23(31)18-10-16(11-24)20(25-14(18)2)27-12-17(13-27)21(28)26-19(22(29)30)9-15-7-5-4-6-8-15/h4-8,10,17,19H,3,9,12-13H2,1-2H3,(H,26,28)(H,29,30). The van der Waals surface area contributed by atoms with Crippen LogP contribution >= 0.6 is 0 Å². The van der Waals surface area contributed by atoms with Crippen LogP contribution in [0.25, 0.3) is 0 Å². The molecule has 1 unspecified atom stereocenters. The number of nitrogens with zero attached hydrogens (tertiary/aromatic N) is 3. The second kappa shape index (κ2) is 9.92.